The molecule has 2 aromatic rings. The fraction of sp³-hybridized carbons (Fsp3) is 0.381. The van der Waals surface area contributed by atoms with Crippen molar-refractivity contribution in [3.63, 3.8) is 0 Å². The van der Waals surface area contributed by atoms with Crippen LogP contribution in [0.5, 0.6) is 5.75 Å². The third-order valence-electron chi connectivity index (χ3n) is 4.73. The molecule has 3 rings (SSSR count). The summed E-state index contributed by atoms with van der Waals surface area (Å²) in [5, 5.41) is 2.98. The molecule has 0 saturated carbocycles. The molecule has 1 heterocycles. The van der Waals surface area contributed by atoms with E-state index >= 15 is 0 Å². The predicted octanol–water partition coefficient (Wildman–Crippen LogP) is 5.03. The average Bonchev–Trinajstić information content (AvgIpc) is 2.90. The monoisotopic (exact) mass is 356 g/mol. The van der Waals surface area contributed by atoms with Crippen molar-refractivity contribution in [2.45, 2.75) is 32.1 Å². The van der Waals surface area contributed by atoms with Crippen molar-refractivity contribution in [1.29, 1.82) is 0 Å². The summed E-state index contributed by atoms with van der Waals surface area (Å²) in [6, 6.07) is 14.0. The van der Waals surface area contributed by atoms with E-state index in [1.54, 1.807) is 0 Å². The van der Waals surface area contributed by atoms with Gasteiger partial charge in [0.2, 0.25) is 0 Å². The molecular weight excluding hydrogens is 331 g/mol. The van der Waals surface area contributed by atoms with E-state index in [0.717, 1.165) is 31.4 Å². The van der Waals surface area contributed by atoms with Crippen LogP contribution in [-0.4, -0.2) is 30.6 Å². The van der Waals surface area contributed by atoms with Gasteiger partial charge in [-0.25, -0.2) is 9.18 Å². The van der Waals surface area contributed by atoms with Gasteiger partial charge in [0.05, 0.1) is 12.3 Å². The highest BCUT2D eigenvalue weighted by Gasteiger charge is 2.23. The van der Waals surface area contributed by atoms with Gasteiger partial charge in [-0.1, -0.05) is 30.7 Å². The van der Waals surface area contributed by atoms with Gasteiger partial charge in [0.25, 0.3) is 0 Å². The lowest BCUT2D eigenvalue weighted by Crippen LogP contribution is -2.37. The summed E-state index contributed by atoms with van der Waals surface area (Å²) in [4.78, 5) is 14.7. The summed E-state index contributed by atoms with van der Waals surface area (Å²) in [5.74, 6) is 0.670. The van der Waals surface area contributed by atoms with Gasteiger partial charge in [-0.3, -0.25) is 0 Å². The Hall–Kier alpha value is -2.56. The van der Waals surface area contributed by atoms with E-state index in [1.165, 1.54) is 12.1 Å². The molecule has 26 heavy (non-hydrogen) atoms. The SMILES string of the molecule is CCOc1ccccc1NC(=O)N1CCCCC(c2ccc(F)cc2)C1. The molecular formula is C21H25FN2O2. The Bertz CT molecular complexity index is 733. The zero-order valence-electron chi connectivity index (χ0n) is 15.1. The van der Waals surface area contributed by atoms with Crippen molar-refractivity contribution >= 4 is 11.7 Å². The van der Waals surface area contributed by atoms with Crippen LogP contribution < -0.4 is 10.1 Å². The molecule has 0 bridgehead atoms. The number of rotatable bonds is 4. The number of hydrogen-bond donors (Lipinski definition) is 1. The maximum Gasteiger partial charge on any atom is 0.321 e. The van der Waals surface area contributed by atoms with Gasteiger partial charge in [-0.15, -0.1) is 0 Å². The number of ether oxygens (including phenoxy) is 1. The second-order valence-corrected chi connectivity index (χ2v) is 6.55. The summed E-state index contributed by atoms with van der Waals surface area (Å²) in [7, 11) is 0. The molecule has 0 radical (unpaired) electrons. The molecule has 138 valence electrons. The van der Waals surface area contributed by atoms with Crippen molar-refractivity contribution in [1.82, 2.24) is 4.90 Å². The molecule has 2 amide bonds. The molecule has 0 aliphatic carbocycles. The number of urea groups is 1. The van der Waals surface area contributed by atoms with Gasteiger partial charge in [-0.2, -0.15) is 0 Å². The van der Waals surface area contributed by atoms with Crippen LogP contribution in [-0.2, 0) is 0 Å². The second kappa shape index (κ2) is 8.70. The molecule has 4 nitrogen and oxygen atoms in total. The van der Waals surface area contributed by atoms with E-state index in [-0.39, 0.29) is 17.8 Å². The Balaban J connectivity index is 1.71. The summed E-state index contributed by atoms with van der Waals surface area (Å²) in [6.45, 7) is 3.82. The van der Waals surface area contributed by atoms with Crippen LogP contribution in [0.15, 0.2) is 48.5 Å². The zero-order chi connectivity index (χ0) is 18.4. The first-order valence-corrected chi connectivity index (χ1v) is 9.20. The maximum absolute atomic E-state index is 13.2. The molecule has 2 aromatic carbocycles. The molecule has 5 heteroatoms. The number of para-hydroxylation sites is 2. The number of nitrogens with one attached hydrogen (secondary N) is 1. The van der Waals surface area contributed by atoms with Crippen LogP contribution in [0.1, 0.15) is 37.7 Å². The van der Waals surface area contributed by atoms with Gasteiger partial charge >= 0.3 is 6.03 Å². The van der Waals surface area contributed by atoms with Crippen molar-refractivity contribution in [3.8, 4) is 5.75 Å². The number of carbonyl (C=O) groups is 1. The Labute approximate surface area is 154 Å². The third kappa shape index (κ3) is 4.54. The fourth-order valence-corrected chi connectivity index (χ4v) is 3.38. The highest BCUT2D eigenvalue weighted by atomic mass is 19.1. The fourth-order valence-electron chi connectivity index (χ4n) is 3.38. The lowest BCUT2D eigenvalue weighted by Gasteiger charge is -2.25. The lowest BCUT2D eigenvalue weighted by molar-refractivity contribution is 0.211. The first kappa shape index (κ1) is 18.2. The molecule has 1 aliphatic heterocycles. The molecule has 1 N–H and O–H groups in total. The second-order valence-electron chi connectivity index (χ2n) is 6.55. The number of benzene rings is 2. The van der Waals surface area contributed by atoms with Crippen LogP contribution in [0.4, 0.5) is 14.9 Å². The van der Waals surface area contributed by atoms with Crippen LogP contribution in [0.3, 0.4) is 0 Å². The van der Waals surface area contributed by atoms with Gasteiger partial charge in [0.15, 0.2) is 0 Å². The first-order valence-electron chi connectivity index (χ1n) is 9.20. The quantitative estimate of drug-likeness (QED) is 0.835. The molecule has 0 aromatic heterocycles. The van der Waals surface area contributed by atoms with Gasteiger partial charge in [-0.05, 0) is 49.6 Å². The Morgan fingerprint density at radius 3 is 2.73 bits per heavy atom. The van der Waals surface area contributed by atoms with E-state index in [4.69, 9.17) is 4.74 Å². The topological polar surface area (TPSA) is 41.6 Å². The molecule has 1 atom stereocenters. The Morgan fingerprint density at radius 2 is 1.96 bits per heavy atom. The third-order valence-corrected chi connectivity index (χ3v) is 4.73. The normalized spacial score (nSPS) is 17.5. The minimum atomic E-state index is -0.232. The number of amides is 2. The summed E-state index contributed by atoms with van der Waals surface area (Å²) in [6.07, 6.45) is 3.03. The minimum absolute atomic E-state index is 0.119. The first-order chi connectivity index (χ1) is 12.7. The highest BCUT2D eigenvalue weighted by molar-refractivity contribution is 5.91. The van der Waals surface area contributed by atoms with E-state index in [0.29, 0.717) is 24.6 Å². The molecule has 1 unspecified atom stereocenters. The Kier molecular flexibility index (Phi) is 6.10. The number of hydrogen-bond acceptors (Lipinski definition) is 2. The lowest BCUT2D eigenvalue weighted by atomic mass is 9.94. The largest absolute Gasteiger partial charge is 0.492 e. The van der Waals surface area contributed by atoms with Gasteiger partial charge in [0, 0.05) is 19.0 Å². The molecule has 0 spiro atoms. The zero-order valence-corrected chi connectivity index (χ0v) is 15.1. The van der Waals surface area contributed by atoms with E-state index in [2.05, 4.69) is 5.32 Å². The van der Waals surface area contributed by atoms with Gasteiger partial charge in [0.1, 0.15) is 11.6 Å². The van der Waals surface area contributed by atoms with Crippen LogP contribution in [0.2, 0.25) is 0 Å². The maximum atomic E-state index is 13.2. The van der Waals surface area contributed by atoms with Crippen LogP contribution >= 0.6 is 0 Å². The standard InChI is InChI=1S/C21H25FN2O2/c1-2-26-20-9-4-3-8-19(20)23-21(25)24-14-6-5-7-17(15-24)16-10-12-18(22)13-11-16/h3-4,8-13,17H,2,5-7,14-15H2,1H3,(H,23,25). The molecule has 1 aliphatic rings. The van der Waals surface area contributed by atoms with Crippen molar-refractivity contribution < 1.29 is 13.9 Å². The van der Waals surface area contributed by atoms with Crippen molar-refractivity contribution in [3.05, 3.63) is 59.9 Å². The predicted molar refractivity (Wildman–Crippen MR) is 101 cm³/mol. The van der Waals surface area contributed by atoms with Crippen molar-refractivity contribution in [2.24, 2.45) is 0 Å². The Morgan fingerprint density at radius 1 is 1.19 bits per heavy atom. The van der Waals surface area contributed by atoms with Crippen LogP contribution in [0, 0.1) is 5.82 Å². The van der Waals surface area contributed by atoms with Crippen molar-refractivity contribution in [2.75, 3.05) is 25.0 Å². The van der Waals surface area contributed by atoms with E-state index in [1.807, 2.05) is 48.2 Å². The smallest absolute Gasteiger partial charge is 0.321 e. The summed E-state index contributed by atoms with van der Waals surface area (Å²) >= 11 is 0. The summed E-state index contributed by atoms with van der Waals surface area (Å²) in [5.41, 5.74) is 1.77. The van der Waals surface area contributed by atoms with Crippen LogP contribution in [0.25, 0.3) is 0 Å². The molecule has 1 saturated heterocycles. The number of anilines is 1. The average molecular weight is 356 g/mol. The minimum Gasteiger partial charge on any atom is -0.492 e. The number of nitrogens with zero attached hydrogens (tertiary/aromatic N) is 1. The number of carbonyl (C=O) groups excluding carboxylic acids is 1. The molecule has 1 fully saturated rings. The van der Waals surface area contributed by atoms with Gasteiger partial charge < -0.3 is 15.0 Å². The number of halogens is 1. The van der Waals surface area contributed by atoms with E-state index < -0.39 is 0 Å². The highest BCUT2D eigenvalue weighted by Crippen LogP contribution is 2.28. The summed E-state index contributed by atoms with van der Waals surface area (Å²) < 4.78 is 18.8. The number of likely N-dealkylation sites (tertiary alicyclic amines) is 1. The van der Waals surface area contributed by atoms with E-state index in [9.17, 15) is 9.18 Å².